The maximum atomic E-state index is 7.92. The third-order valence-electron chi connectivity index (χ3n) is 3.05. The Morgan fingerprint density at radius 1 is 1.40 bits per heavy atom. The fourth-order valence-corrected chi connectivity index (χ4v) is 2.11. The zero-order valence-electron chi connectivity index (χ0n) is 9.42. The Hall–Kier alpha value is -1.25. The third-order valence-corrected chi connectivity index (χ3v) is 3.05. The largest absolute Gasteiger partial charge is 0.464 e. The van der Waals surface area contributed by atoms with Gasteiger partial charge >= 0.3 is 0 Å². The van der Waals surface area contributed by atoms with Crippen LogP contribution in [0.15, 0.2) is 16.5 Å². The molecule has 1 unspecified atom stereocenters. The van der Waals surface area contributed by atoms with Crippen molar-refractivity contribution < 1.29 is 4.42 Å². The van der Waals surface area contributed by atoms with E-state index in [4.69, 9.17) is 9.83 Å². The number of amidine groups is 1. The molecule has 2 rings (SSSR count). The molecule has 1 aliphatic rings. The molecule has 0 bridgehead atoms. The van der Waals surface area contributed by atoms with E-state index in [1.54, 1.807) is 0 Å². The number of piperidine rings is 1. The molecular weight excluding hydrogens is 188 g/mol. The van der Waals surface area contributed by atoms with Crippen LogP contribution in [0.2, 0.25) is 0 Å². The summed E-state index contributed by atoms with van der Waals surface area (Å²) in [6, 6.07) is 4.20. The number of furan rings is 1. The predicted octanol–water partition coefficient (Wildman–Crippen LogP) is 3.11. The Morgan fingerprint density at radius 3 is 2.80 bits per heavy atom. The van der Waals surface area contributed by atoms with E-state index >= 15 is 0 Å². The molecule has 1 aromatic heterocycles. The van der Waals surface area contributed by atoms with Gasteiger partial charge in [0.1, 0.15) is 11.5 Å². The summed E-state index contributed by atoms with van der Waals surface area (Å²) in [7, 11) is 0. The molecule has 0 spiro atoms. The molecule has 1 atom stereocenters. The monoisotopic (exact) mass is 206 g/mol. The lowest BCUT2D eigenvalue weighted by molar-refractivity contribution is 0.263. The summed E-state index contributed by atoms with van der Waals surface area (Å²) < 4.78 is 5.61. The van der Waals surface area contributed by atoms with Crippen LogP contribution < -0.4 is 0 Å². The van der Waals surface area contributed by atoms with E-state index in [1.807, 2.05) is 19.1 Å². The number of rotatable bonds is 2. The second kappa shape index (κ2) is 4.09. The molecule has 0 aliphatic carbocycles. The molecule has 0 saturated carbocycles. The average Bonchev–Trinajstić information content (AvgIpc) is 2.65. The molecule has 1 fully saturated rings. The molecule has 1 aliphatic heterocycles. The summed E-state index contributed by atoms with van der Waals surface area (Å²) in [4.78, 5) is 2.14. The highest BCUT2D eigenvalue weighted by atomic mass is 16.3. The van der Waals surface area contributed by atoms with Gasteiger partial charge in [0.05, 0.1) is 11.9 Å². The molecule has 3 nitrogen and oxygen atoms in total. The average molecular weight is 206 g/mol. The summed E-state index contributed by atoms with van der Waals surface area (Å²) >= 11 is 0. The molecule has 2 heterocycles. The number of likely N-dealkylation sites (tertiary alicyclic amines) is 1. The zero-order chi connectivity index (χ0) is 10.8. The first-order chi connectivity index (χ1) is 7.18. The van der Waals surface area contributed by atoms with Crippen molar-refractivity contribution in [2.24, 2.45) is 0 Å². The first-order valence-corrected chi connectivity index (χ1v) is 5.59. The van der Waals surface area contributed by atoms with Crippen LogP contribution in [0.5, 0.6) is 0 Å². The second-order valence-electron chi connectivity index (χ2n) is 4.22. The minimum Gasteiger partial charge on any atom is -0.464 e. The summed E-state index contributed by atoms with van der Waals surface area (Å²) in [5.74, 6) is 2.67. The van der Waals surface area contributed by atoms with E-state index < -0.39 is 0 Å². The minimum absolute atomic E-state index is 0.200. The van der Waals surface area contributed by atoms with E-state index in [2.05, 4.69) is 11.8 Å². The number of nitrogens with zero attached hydrogens (tertiary/aromatic N) is 1. The van der Waals surface area contributed by atoms with Crippen molar-refractivity contribution >= 4 is 5.84 Å². The van der Waals surface area contributed by atoms with Crippen LogP contribution in [0.25, 0.3) is 0 Å². The minimum atomic E-state index is 0.200. The number of nitrogens with one attached hydrogen (secondary N) is 1. The van der Waals surface area contributed by atoms with Crippen molar-refractivity contribution in [3.8, 4) is 0 Å². The molecule has 0 radical (unpaired) electrons. The van der Waals surface area contributed by atoms with Gasteiger partial charge in [-0.2, -0.15) is 0 Å². The van der Waals surface area contributed by atoms with Crippen LogP contribution in [0.3, 0.4) is 0 Å². The van der Waals surface area contributed by atoms with Crippen LogP contribution in [0, 0.1) is 12.3 Å². The standard InChI is InChI=1S/C12H18N2O/c1-9-6-7-11(15-9)10(2)14-8-4-3-5-12(14)13/h6-7,10,13H,3-5,8H2,1-2H3. The lowest BCUT2D eigenvalue weighted by Crippen LogP contribution is -2.36. The number of hydrogen-bond donors (Lipinski definition) is 1. The molecule has 3 heteroatoms. The van der Waals surface area contributed by atoms with Gasteiger partial charge in [0.25, 0.3) is 0 Å². The first-order valence-electron chi connectivity index (χ1n) is 5.59. The van der Waals surface area contributed by atoms with E-state index in [9.17, 15) is 0 Å². The van der Waals surface area contributed by atoms with Gasteiger partial charge in [0.15, 0.2) is 0 Å². The molecule has 1 aromatic rings. The summed E-state index contributed by atoms with van der Waals surface area (Å²) in [5, 5.41) is 7.92. The summed E-state index contributed by atoms with van der Waals surface area (Å²) in [6.07, 6.45) is 3.25. The van der Waals surface area contributed by atoms with E-state index in [1.165, 1.54) is 6.42 Å². The van der Waals surface area contributed by atoms with Crippen LogP contribution >= 0.6 is 0 Å². The van der Waals surface area contributed by atoms with Gasteiger partial charge in [-0.25, -0.2) is 0 Å². The van der Waals surface area contributed by atoms with Crippen LogP contribution in [-0.2, 0) is 0 Å². The third kappa shape index (κ3) is 2.06. The summed E-state index contributed by atoms with van der Waals surface area (Å²) in [5.41, 5.74) is 0. The SMILES string of the molecule is Cc1ccc(C(C)N2CCCCC2=N)o1. The second-order valence-corrected chi connectivity index (χ2v) is 4.22. The van der Waals surface area contributed by atoms with Crippen molar-refractivity contribution in [3.63, 3.8) is 0 Å². The Morgan fingerprint density at radius 2 is 2.20 bits per heavy atom. The Labute approximate surface area is 90.6 Å². The normalized spacial score (nSPS) is 19.3. The van der Waals surface area contributed by atoms with Crippen molar-refractivity contribution in [2.45, 2.75) is 39.2 Å². The zero-order valence-corrected chi connectivity index (χ0v) is 9.42. The smallest absolute Gasteiger partial charge is 0.126 e. The summed E-state index contributed by atoms with van der Waals surface area (Å²) in [6.45, 7) is 5.05. The van der Waals surface area contributed by atoms with Crippen LogP contribution in [0.1, 0.15) is 43.7 Å². The van der Waals surface area contributed by atoms with Gasteiger partial charge in [-0.15, -0.1) is 0 Å². The van der Waals surface area contributed by atoms with Crippen molar-refractivity contribution in [1.29, 1.82) is 5.41 Å². The predicted molar refractivity (Wildman–Crippen MR) is 60.1 cm³/mol. The van der Waals surface area contributed by atoms with E-state index in [0.29, 0.717) is 0 Å². The lowest BCUT2D eigenvalue weighted by atomic mass is 10.1. The molecule has 1 saturated heterocycles. The van der Waals surface area contributed by atoms with Gasteiger partial charge < -0.3 is 9.32 Å². The fourth-order valence-electron chi connectivity index (χ4n) is 2.11. The van der Waals surface area contributed by atoms with Crippen LogP contribution in [0.4, 0.5) is 0 Å². The maximum Gasteiger partial charge on any atom is 0.126 e. The number of hydrogen-bond acceptors (Lipinski definition) is 2. The first kappa shape index (κ1) is 10.3. The number of aryl methyl sites for hydroxylation is 1. The van der Waals surface area contributed by atoms with Gasteiger partial charge in [-0.1, -0.05) is 0 Å². The quantitative estimate of drug-likeness (QED) is 0.807. The van der Waals surface area contributed by atoms with Crippen LogP contribution in [-0.4, -0.2) is 17.3 Å². The Kier molecular flexibility index (Phi) is 2.80. The highest BCUT2D eigenvalue weighted by molar-refractivity contribution is 5.80. The van der Waals surface area contributed by atoms with Gasteiger partial charge in [0.2, 0.25) is 0 Å². The molecule has 82 valence electrons. The fraction of sp³-hybridized carbons (Fsp3) is 0.583. The molecule has 1 N–H and O–H groups in total. The molecule has 15 heavy (non-hydrogen) atoms. The van der Waals surface area contributed by atoms with E-state index in [0.717, 1.165) is 36.7 Å². The topological polar surface area (TPSA) is 40.2 Å². The van der Waals surface area contributed by atoms with Crippen molar-refractivity contribution in [3.05, 3.63) is 23.7 Å². The Balaban J connectivity index is 2.12. The van der Waals surface area contributed by atoms with Gasteiger partial charge in [0, 0.05) is 13.0 Å². The molecular formula is C12H18N2O. The molecule has 0 aromatic carbocycles. The van der Waals surface area contributed by atoms with Gasteiger partial charge in [-0.3, -0.25) is 5.41 Å². The maximum absolute atomic E-state index is 7.92. The van der Waals surface area contributed by atoms with E-state index in [-0.39, 0.29) is 6.04 Å². The van der Waals surface area contributed by atoms with Crippen molar-refractivity contribution in [1.82, 2.24) is 4.90 Å². The lowest BCUT2D eigenvalue weighted by Gasteiger charge is -2.33. The highest BCUT2D eigenvalue weighted by Crippen LogP contribution is 2.26. The van der Waals surface area contributed by atoms with Gasteiger partial charge in [-0.05, 0) is 38.8 Å². The van der Waals surface area contributed by atoms with Crippen molar-refractivity contribution in [2.75, 3.05) is 6.54 Å². The Bertz CT molecular complexity index is 356. The molecule has 0 amide bonds. The highest BCUT2D eigenvalue weighted by Gasteiger charge is 2.23.